The highest BCUT2D eigenvalue weighted by molar-refractivity contribution is 7.89. The molecule has 1 heterocycles. The zero-order valence-corrected chi connectivity index (χ0v) is 18.6. The number of nitrogens with one attached hydrogen (secondary N) is 1. The monoisotopic (exact) mass is 446 g/mol. The van der Waals surface area contributed by atoms with Gasteiger partial charge in [-0.25, -0.2) is 8.42 Å². The Labute approximate surface area is 182 Å². The maximum atomic E-state index is 13.1. The van der Waals surface area contributed by atoms with Crippen molar-refractivity contribution in [1.82, 2.24) is 4.31 Å². The predicted molar refractivity (Wildman–Crippen MR) is 116 cm³/mol. The number of nitrogens with zero attached hydrogens (tertiary/aromatic N) is 1. The summed E-state index contributed by atoms with van der Waals surface area (Å²) < 4.78 is 37.4. The van der Waals surface area contributed by atoms with Crippen molar-refractivity contribution in [3.05, 3.63) is 53.6 Å². The molecule has 0 saturated carbocycles. The first-order chi connectivity index (χ1) is 14.8. The number of sulfonamides is 1. The minimum absolute atomic E-state index is 0.0570. The van der Waals surface area contributed by atoms with Crippen LogP contribution in [0.3, 0.4) is 0 Å². The van der Waals surface area contributed by atoms with Gasteiger partial charge in [0.15, 0.2) is 0 Å². The number of piperidine rings is 1. The molecule has 0 radical (unpaired) electrons. The van der Waals surface area contributed by atoms with E-state index in [4.69, 9.17) is 9.47 Å². The van der Waals surface area contributed by atoms with E-state index in [2.05, 4.69) is 5.32 Å². The third-order valence-electron chi connectivity index (χ3n) is 5.30. The summed E-state index contributed by atoms with van der Waals surface area (Å²) in [4.78, 5) is 24.6. The van der Waals surface area contributed by atoms with Gasteiger partial charge in [-0.2, -0.15) is 4.31 Å². The van der Waals surface area contributed by atoms with E-state index in [0.29, 0.717) is 29.8 Å². The van der Waals surface area contributed by atoms with Gasteiger partial charge >= 0.3 is 5.97 Å². The van der Waals surface area contributed by atoms with Crippen LogP contribution in [0.1, 0.15) is 35.2 Å². The summed E-state index contributed by atoms with van der Waals surface area (Å²) in [6.45, 7) is 2.11. The van der Waals surface area contributed by atoms with E-state index in [1.54, 1.807) is 25.3 Å². The minimum Gasteiger partial charge on any atom is -0.496 e. The van der Waals surface area contributed by atoms with Gasteiger partial charge in [0.2, 0.25) is 10.0 Å². The molecule has 166 valence electrons. The number of carbonyl (C=O) groups is 2. The number of rotatable bonds is 6. The number of methoxy groups -OCH3 is 2. The molecule has 31 heavy (non-hydrogen) atoms. The van der Waals surface area contributed by atoms with E-state index >= 15 is 0 Å². The average Bonchev–Trinajstić information content (AvgIpc) is 2.78. The van der Waals surface area contributed by atoms with Crippen LogP contribution in [0.2, 0.25) is 0 Å². The van der Waals surface area contributed by atoms with E-state index < -0.39 is 22.0 Å². The number of ether oxygens (including phenoxy) is 2. The lowest BCUT2D eigenvalue weighted by Crippen LogP contribution is -2.48. The summed E-state index contributed by atoms with van der Waals surface area (Å²) in [6, 6.07) is 10.2. The summed E-state index contributed by atoms with van der Waals surface area (Å²) in [5.41, 5.74) is 1.75. The van der Waals surface area contributed by atoms with Crippen molar-refractivity contribution < 1.29 is 27.5 Å². The van der Waals surface area contributed by atoms with Crippen LogP contribution in [-0.2, 0) is 19.6 Å². The van der Waals surface area contributed by atoms with Crippen LogP contribution >= 0.6 is 0 Å². The fourth-order valence-electron chi connectivity index (χ4n) is 3.63. The fourth-order valence-corrected chi connectivity index (χ4v) is 5.28. The van der Waals surface area contributed by atoms with Crippen molar-refractivity contribution in [2.45, 2.75) is 37.1 Å². The zero-order valence-electron chi connectivity index (χ0n) is 17.8. The molecule has 1 fully saturated rings. The number of hydrogen-bond acceptors (Lipinski definition) is 6. The predicted octanol–water partition coefficient (Wildman–Crippen LogP) is 2.97. The summed E-state index contributed by atoms with van der Waals surface area (Å²) in [7, 11) is -1.05. The zero-order chi connectivity index (χ0) is 22.6. The van der Waals surface area contributed by atoms with Crippen LogP contribution in [0, 0.1) is 6.92 Å². The van der Waals surface area contributed by atoms with Gasteiger partial charge in [0.05, 0.1) is 19.1 Å². The Kier molecular flexibility index (Phi) is 6.97. The van der Waals surface area contributed by atoms with Crippen molar-refractivity contribution in [3.63, 3.8) is 0 Å². The fraction of sp³-hybridized carbons (Fsp3) is 0.364. The molecule has 1 aliphatic rings. The Hall–Kier alpha value is -2.91. The Balaban J connectivity index is 1.76. The first-order valence-corrected chi connectivity index (χ1v) is 11.4. The molecule has 9 heteroatoms. The molecular weight excluding hydrogens is 420 g/mol. The van der Waals surface area contributed by atoms with E-state index in [-0.39, 0.29) is 17.3 Å². The molecule has 1 saturated heterocycles. The highest BCUT2D eigenvalue weighted by Gasteiger charge is 2.38. The third-order valence-corrected chi connectivity index (χ3v) is 7.23. The topological polar surface area (TPSA) is 102 Å². The smallest absolute Gasteiger partial charge is 0.324 e. The third kappa shape index (κ3) is 4.88. The average molecular weight is 447 g/mol. The summed E-state index contributed by atoms with van der Waals surface area (Å²) in [5.74, 6) is -0.181. The molecule has 0 aromatic heterocycles. The molecule has 0 aliphatic carbocycles. The van der Waals surface area contributed by atoms with Crippen molar-refractivity contribution in [2.24, 2.45) is 0 Å². The van der Waals surface area contributed by atoms with Crippen LogP contribution < -0.4 is 10.1 Å². The maximum absolute atomic E-state index is 13.1. The Morgan fingerprint density at radius 2 is 1.77 bits per heavy atom. The first kappa shape index (κ1) is 22.8. The highest BCUT2D eigenvalue weighted by Crippen LogP contribution is 2.27. The Bertz CT molecular complexity index is 1070. The van der Waals surface area contributed by atoms with Crippen LogP contribution in [0.4, 0.5) is 5.69 Å². The van der Waals surface area contributed by atoms with Gasteiger partial charge in [-0.1, -0.05) is 0 Å². The van der Waals surface area contributed by atoms with Crippen LogP contribution in [0.25, 0.3) is 0 Å². The molecule has 1 N–H and O–H groups in total. The van der Waals surface area contributed by atoms with E-state index in [1.165, 1.54) is 35.7 Å². The normalized spacial score (nSPS) is 17.1. The van der Waals surface area contributed by atoms with Gasteiger partial charge < -0.3 is 14.8 Å². The molecule has 0 spiro atoms. The lowest BCUT2D eigenvalue weighted by atomic mass is 10.1. The Morgan fingerprint density at radius 1 is 1.06 bits per heavy atom. The quantitative estimate of drug-likeness (QED) is 0.685. The van der Waals surface area contributed by atoms with Gasteiger partial charge in [0.1, 0.15) is 11.8 Å². The standard InChI is InChI=1S/C22H26N2O6S/c1-15-14-16(7-12-20(15)29-2)21(25)23-17-8-10-18(11-9-17)31(27,28)24-13-5-4-6-19(24)22(26)30-3/h7-12,14,19H,4-6,13H2,1-3H3,(H,23,25). The molecule has 1 amide bonds. The molecule has 3 rings (SSSR count). The number of anilines is 1. The molecular formula is C22H26N2O6S. The van der Waals surface area contributed by atoms with Gasteiger partial charge in [0.25, 0.3) is 5.91 Å². The van der Waals surface area contributed by atoms with E-state index in [1.807, 2.05) is 6.92 Å². The molecule has 0 bridgehead atoms. The molecule has 8 nitrogen and oxygen atoms in total. The number of carbonyl (C=O) groups excluding carboxylic acids is 2. The second-order valence-electron chi connectivity index (χ2n) is 7.31. The minimum atomic E-state index is -3.87. The van der Waals surface area contributed by atoms with Crippen molar-refractivity contribution >= 4 is 27.6 Å². The highest BCUT2D eigenvalue weighted by atomic mass is 32.2. The van der Waals surface area contributed by atoms with E-state index in [9.17, 15) is 18.0 Å². The van der Waals surface area contributed by atoms with Gasteiger partial charge in [-0.3, -0.25) is 9.59 Å². The summed E-state index contributed by atoms with van der Waals surface area (Å²) in [5, 5.41) is 2.75. The molecule has 1 atom stereocenters. The maximum Gasteiger partial charge on any atom is 0.324 e. The van der Waals surface area contributed by atoms with Crippen molar-refractivity contribution in [2.75, 3.05) is 26.1 Å². The van der Waals surface area contributed by atoms with Gasteiger partial charge in [-0.05, 0) is 74.2 Å². The Morgan fingerprint density at radius 3 is 2.39 bits per heavy atom. The molecule has 1 aliphatic heterocycles. The van der Waals surface area contributed by atoms with E-state index in [0.717, 1.165) is 12.0 Å². The number of hydrogen-bond donors (Lipinski definition) is 1. The van der Waals surface area contributed by atoms with Crippen LogP contribution in [0.15, 0.2) is 47.4 Å². The number of esters is 1. The van der Waals surface area contributed by atoms with Crippen molar-refractivity contribution in [3.8, 4) is 5.75 Å². The summed E-state index contributed by atoms with van der Waals surface area (Å²) >= 11 is 0. The van der Waals surface area contributed by atoms with Gasteiger partial charge in [0, 0.05) is 17.8 Å². The lowest BCUT2D eigenvalue weighted by molar-refractivity contribution is -0.146. The number of benzene rings is 2. The largest absolute Gasteiger partial charge is 0.496 e. The number of amides is 1. The second kappa shape index (κ2) is 9.49. The first-order valence-electron chi connectivity index (χ1n) is 9.93. The SMILES string of the molecule is COC(=O)C1CCCCN1S(=O)(=O)c1ccc(NC(=O)c2ccc(OC)c(C)c2)cc1. The lowest BCUT2D eigenvalue weighted by Gasteiger charge is -2.32. The summed E-state index contributed by atoms with van der Waals surface area (Å²) in [6.07, 6.45) is 1.88. The molecule has 1 unspecified atom stereocenters. The second-order valence-corrected chi connectivity index (χ2v) is 9.20. The van der Waals surface area contributed by atoms with Crippen molar-refractivity contribution in [1.29, 1.82) is 0 Å². The van der Waals surface area contributed by atoms with Crippen LogP contribution in [-0.4, -0.2) is 51.4 Å². The molecule has 2 aromatic rings. The number of aryl methyl sites for hydroxylation is 1. The van der Waals surface area contributed by atoms with Crippen LogP contribution in [0.5, 0.6) is 5.75 Å². The molecule has 2 aromatic carbocycles. The van der Waals surface area contributed by atoms with Gasteiger partial charge in [-0.15, -0.1) is 0 Å².